The minimum atomic E-state index is -0.556. The highest BCUT2D eigenvalue weighted by Gasteiger charge is 2.36. The van der Waals surface area contributed by atoms with E-state index in [2.05, 4.69) is 4.74 Å². The van der Waals surface area contributed by atoms with Crippen LogP contribution in [0.3, 0.4) is 0 Å². The first-order chi connectivity index (χ1) is 12.8. The molecule has 1 aromatic carbocycles. The fourth-order valence-electron chi connectivity index (χ4n) is 2.34. The molecule has 0 bridgehead atoms. The summed E-state index contributed by atoms with van der Waals surface area (Å²) in [5.41, 5.74) is 0.572. The number of hydrogen-bond donors (Lipinski definition) is 0. The molecule has 0 unspecified atom stereocenters. The SMILES string of the molecule is CCOc1cc(/C=C2/SC(=O)N(C(C)C)C2=O)cc(Cl)c1OCC(=O)OC. The topological polar surface area (TPSA) is 82.1 Å². The van der Waals surface area contributed by atoms with Crippen LogP contribution in [0, 0.1) is 0 Å². The average Bonchev–Trinajstić information content (AvgIpc) is 2.87. The Morgan fingerprint density at radius 2 is 2.00 bits per heavy atom. The molecule has 0 aliphatic carbocycles. The molecule has 1 saturated heterocycles. The lowest BCUT2D eigenvalue weighted by Gasteiger charge is -2.16. The molecule has 146 valence electrons. The number of carbonyl (C=O) groups is 3. The molecule has 0 spiro atoms. The Bertz CT molecular complexity index is 792. The Morgan fingerprint density at radius 3 is 2.56 bits per heavy atom. The molecule has 1 aromatic rings. The number of imide groups is 1. The van der Waals surface area contributed by atoms with Crippen LogP contribution in [0.1, 0.15) is 26.3 Å². The van der Waals surface area contributed by atoms with E-state index in [1.165, 1.54) is 12.0 Å². The molecule has 9 heteroatoms. The zero-order valence-electron chi connectivity index (χ0n) is 15.4. The van der Waals surface area contributed by atoms with Crippen LogP contribution in [0.5, 0.6) is 11.5 Å². The number of ether oxygens (including phenoxy) is 3. The lowest BCUT2D eigenvalue weighted by Crippen LogP contribution is -2.34. The highest BCUT2D eigenvalue weighted by Crippen LogP contribution is 2.39. The number of methoxy groups -OCH3 is 1. The first kappa shape index (κ1) is 21.1. The molecular weight excluding hydrogens is 394 g/mol. The first-order valence-electron chi connectivity index (χ1n) is 8.21. The predicted molar refractivity (Wildman–Crippen MR) is 103 cm³/mol. The van der Waals surface area contributed by atoms with Crippen LogP contribution >= 0.6 is 23.4 Å². The van der Waals surface area contributed by atoms with Gasteiger partial charge >= 0.3 is 5.97 Å². The van der Waals surface area contributed by atoms with Gasteiger partial charge in [0.25, 0.3) is 11.1 Å². The van der Waals surface area contributed by atoms with Crippen LogP contribution in [0.25, 0.3) is 6.08 Å². The number of thioether (sulfide) groups is 1. The van der Waals surface area contributed by atoms with E-state index in [0.717, 1.165) is 11.8 Å². The smallest absolute Gasteiger partial charge is 0.343 e. The summed E-state index contributed by atoms with van der Waals surface area (Å²) in [5.74, 6) is -0.375. The number of benzene rings is 1. The van der Waals surface area contributed by atoms with Crippen molar-refractivity contribution in [1.29, 1.82) is 0 Å². The lowest BCUT2D eigenvalue weighted by molar-refractivity contribution is -0.142. The van der Waals surface area contributed by atoms with Crippen molar-refractivity contribution in [1.82, 2.24) is 4.90 Å². The van der Waals surface area contributed by atoms with Crippen molar-refractivity contribution in [2.24, 2.45) is 0 Å². The van der Waals surface area contributed by atoms with Gasteiger partial charge in [0.2, 0.25) is 0 Å². The monoisotopic (exact) mass is 413 g/mol. The van der Waals surface area contributed by atoms with Gasteiger partial charge in [-0.25, -0.2) is 4.79 Å². The molecular formula is C18H20ClNO6S. The fourth-order valence-corrected chi connectivity index (χ4v) is 3.58. The van der Waals surface area contributed by atoms with Gasteiger partial charge in [-0.2, -0.15) is 0 Å². The molecule has 1 aliphatic rings. The molecule has 1 aliphatic heterocycles. The van der Waals surface area contributed by atoms with Crippen molar-refractivity contribution >= 4 is 46.6 Å². The Labute approximate surface area is 166 Å². The number of amides is 2. The maximum absolute atomic E-state index is 12.4. The largest absolute Gasteiger partial charge is 0.490 e. The van der Waals surface area contributed by atoms with Gasteiger partial charge in [-0.1, -0.05) is 11.6 Å². The lowest BCUT2D eigenvalue weighted by atomic mass is 10.1. The van der Waals surface area contributed by atoms with Crippen LogP contribution in [0.4, 0.5) is 4.79 Å². The minimum absolute atomic E-state index is 0.205. The third-order valence-electron chi connectivity index (χ3n) is 3.53. The van der Waals surface area contributed by atoms with E-state index in [1.54, 1.807) is 39.0 Å². The summed E-state index contributed by atoms with van der Waals surface area (Å²) in [6.45, 7) is 5.37. The van der Waals surface area contributed by atoms with Crippen molar-refractivity contribution in [3.05, 3.63) is 27.6 Å². The van der Waals surface area contributed by atoms with Crippen molar-refractivity contribution in [2.75, 3.05) is 20.3 Å². The molecule has 1 fully saturated rings. The number of halogens is 1. The minimum Gasteiger partial charge on any atom is -0.490 e. The van der Waals surface area contributed by atoms with Crippen LogP contribution in [-0.4, -0.2) is 48.4 Å². The molecule has 0 aromatic heterocycles. The summed E-state index contributed by atoms with van der Waals surface area (Å²) < 4.78 is 15.5. The van der Waals surface area contributed by atoms with Crippen molar-refractivity contribution in [3.8, 4) is 11.5 Å². The van der Waals surface area contributed by atoms with E-state index in [9.17, 15) is 14.4 Å². The Morgan fingerprint density at radius 1 is 1.30 bits per heavy atom. The second kappa shape index (κ2) is 9.14. The summed E-state index contributed by atoms with van der Waals surface area (Å²) in [6.07, 6.45) is 1.58. The normalized spacial score (nSPS) is 15.6. The molecule has 2 amide bonds. The molecule has 7 nitrogen and oxygen atoms in total. The Balaban J connectivity index is 2.34. The van der Waals surface area contributed by atoms with Crippen molar-refractivity contribution < 1.29 is 28.6 Å². The quantitative estimate of drug-likeness (QED) is 0.497. The van der Waals surface area contributed by atoms with Crippen LogP contribution in [0.2, 0.25) is 5.02 Å². The van der Waals surface area contributed by atoms with Gasteiger partial charge in [0, 0.05) is 6.04 Å². The maximum atomic E-state index is 12.4. The number of nitrogens with zero attached hydrogens (tertiary/aromatic N) is 1. The van der Waals surface area contributed by atoms with E-state index < -0.39 is 5.97 Å². The molecule has 0 saturated carbocycles. The average molecular weight is 414 g/mol. The first-order valence-corrected chi connectivity index (χ1v) is 9.40. The van der Waals surface area contributed by atoms with Gasteiger partial charge in [-0.15, -0.1) is 0 Å². The highest BCUT2D eigenvalue weighted by molar-refractivity contribution is 8.18. The molecule has 27 heavy (non-hydrogen) atoms. The third-order valence-corrected chi connectivity index (χ3v) is 4.70. The van der Waals surface area contributed by atoms with E-state index in [0.29, 0.717) is 22.8 Å². The van der Waals surface area contributed by atoms with E-state index in [1.807, 2.05) is 0 Å². The molecule has 0 atom stereocenters. The summed E-state index contributed by atoms with van der Waals surface area (Å²) in [4.78, 5) is 37.2. The molecule has 1 heterocycles. The van der Waals surface area contributed by atoms with Gasteiger partial charge in [0.05, 0.1) is 23.6 Å². The van der Waals surface area contributed by atoms with E-state index in [4.69, 9.17) is 21.1 Å². The summed E-state index contributed by atoms with van der Waals surface area (Å²) in [7, 11) is 1.25. The number of rotatable bonds is 7. The number of carbonyl (C=O) groups excluding carboxylic acids is 3. The summed E-state index contributed by atoms with van der Waals surface area (Å²) in [5, 5.41) is -0.102. The third kappa shape index (κ3) is 4.95. The predicted octanol–water partition coefficient (Wildman–Crippen LogP) is 3.74. The Kier molecular flexibility index (Phi) is 7.15. The summed E-state index contributed by atoms with van der Waals surface area (Å²) >= 11 is 7.14. The van der Waals surface area contributed by atoms with Gasteiger partial charge in [-0.3, -0.25) is 14.5 Å². The second-order valence-electron chi connectivity index (χ2n) is 5.77. The van der Waals surface area contributed by atoms with Gasteiger partial charge in [-0.05, 0) is 56.3 Å². The van der Waals surface area contributed by atoms with Gasteiger partial charge < -0.3 is 14.2 Å². The van der Waals surface area contributed by atoms with Crippen LogP contribution in [0.15, 0.2) is 17.0 Å². The zero-order valence-corrected chi connectivity index (χ0v) is 17.0. The summed E-state index contributed by atoms with van der Waals surface area (Å²) in [6, 6.07) is 2.98. The number of esters is 1. The maximum Gasteiger partial charge on any atom is 0.343 e. The highest BCUT2D eigenvalue weighted by atomic mass is 35.5. The van der Waals surface area contributed by atoms with Crippen LogP contribution in [-0.2, 0) is 14.3 Å². The standard InChI is InChI=1S/C18H20ClNO6S/c1-5-25-13-7-11(6-12(19)16(13)26-9-15(21)24-4)8-14-17(22)20(10(2)3)18(23)27-14/h6-8,10H,5,9H2,1-4H3/b14-8+. The molecule has 0 radical (unpaired) electrons. The van der Waals surface area contributed by atoms with E-state index in [-0.39, 0.29) is 34.6 Å². The fraction of sp³-hybridized carbons (Fsp3) is 0.389. The van der Waals surface area contributed by atoms with Gasteiger partial charge in [0.15, 0.2) is 18.1 Å². The van der Waals surface area contributed by atoms with Crippen molar-refractivity contribution in [2.45, 2.75) is 26.8 Å². The molecule has 2 rings (SSSR count). The van der Waals surface area contributed by atoms with Crippen LogP contribution < -0.4 is 9.47 Å². The second-order valence-corrected chi connectivity index (χ2v) is 7.17. The van der Waals surface area contributed by atoms with Crippen molar-refractivity contribution in [3.63, 3.8) is 0 Å². The molecule has 0 N–H and O–H groups in total. The van der Waals surface area contributed by atoms with Gasteiger partial charge in [0.1, 0.15) is 0 Å². The van der Waals surface area contributed by atoms with E-state index >= 15 is 0 Å². The Hall–Kier alpha value is -2.19. The zero-order chi connectivity index (χ0) is 20.1. The number of hydrogen-bond acceptors (Lipinski definition) is 7.